The Balaban J connectivity index is 1.83. The Morgan fingerprint density at radius 3 is 2.25 bits per heavy atom. The molecule has 0 amide bonds. The van der Waals surface area contributed by atoms with Crippen molar-refractivity contribution in [1.29, 1.82) is 0 Å². The molecule has 2 N–H and O–H groups in total. The number of anilines is 1. The third-order valence-electron chi connectivity index (χ3n) is 3.71. The van der Waals surface area contributed by atoms with Crippen LogP contribution in [-0.4, -0.2) is 19.1 Å². The normalized spacial score (nSPS) is 18.6. The van der Waals surface area contributed by atoms with Crippen LogP contribution in [0.3, 0.4) is 0 Å². The van der Waals surface area contributed by atoms with Gasteiger partial charge in [-0.25, -0.2) is 0 Å². The Kier molecular flexibility index (Phi) is 3.88. The van der Waals surface area contributed by atoms with Crippen molar-refractivity contribution >= 4 is 28.9 Å². The van der Waals surface area contributed by atoms with Crippen LogP contribution in [0, 0.1) is 0 Å². The fraction of sp³-hybridized carbons (Fsp3) is 0.250. The minimum absolute atomic E-state index is 0.296. The third kappa shape index (κ3) is 2.78. The van der Waals surface area contributed by atoms with E-state index in [4.69, 9.17) is 28.9 Å². The zero-order chi connectivity index (χ0) is 14.1. The zero-order valence-corrected chi connectivity index (χ0v) is 12.5. The topological polar surface area (TPSA) is 29.3 Å². The lowest BCUT2D eigenvalue weighted by molar-refractivity contribution is 0.752. The predicted molar refractivity (Wildman–Crippen MR) is 86.7 cm³/mol. The van der Waals surface area contributed by atoms with Gasteiger partial charge in [0.2, 0.25) is 0 Å². The molecule has 0 unspecified atom stereocenters. The second-order valence-electron chi connectivity index (χ2n) is 5.17. The van der Waals surface area contributed by atoms with Gasteiger partial charge in [0.25, 0.3) is 0 Å². The minimum Gasteiger partial charge on any atom is -0.370 e. The first kappa shape index (κ1) is 13.7. The molecule has 2 nitrogen and oxygen atoms in total. The molecule has 2 aromatic rings. The summed E-state index contributed by atoms with van der Waals surface area (Å²) >= 11 is 12.0. The van der Waals surface area contributed by atoms with E-state index in [0.717, 1.165) is 30.6 Å². The first-order valence-electron chi connectivity index (χ1n) is 6.69. The molecule has 0 bridgehead atoms. The summed E-state index contributed by atoms with van der Waals surface area (Å²) in [4.78, 5) is 2.32. The maximum atomic E-state index is 6.06. The highest BCUT2D eigenvalue weighted by atomic mass is 35.5. The highest BCUT2D eigenvalue weighted by Gasteiger charge is 2.19. The van der Waals surface area contributed by atoms with Crippen molar-refractivity contribution < 1.29 is 0 Å². The summed E-state index contributed by atoms with van der Waals surface area (Å²) < 4.78 is 0. The molecule has 1 fully saturated rings. The summed E-state index contributed by atoms with van der Waals surface area (Å²) in [5.74, 6) is 0. The van der Waals surface area contributed by atoms with Crippen molar-refractivity contribution in [2.45, 2.75) is 12.5 Å². The van der Waals surface area contributed by atoms with E-state index in [1.165, 1.54) is 5.69 Å². The van der Waals surface area contributed by atoms with Gasteiger partial charge in [0, 0.05) is 24.8 Å². The fourth-order valence-electron chi connectivity index (χ4n) is 2.56. The van der Waals surface area contributed by atoms with E-state index < -0.39 is 0 Å². The van der Waals surface area contributed by atoms with Crippen LogP contribution in [0.4, 0.5) is 5.69 Å². The monoisotopic (exact) mass is 306 g/mol. The van der Waals surface area contributed by atoms with Crippen LogP contribution in [0.2, 0.25) is 10.0 Å². The molecule has 1 heterocycles. The molecule has 3 rings (SSSR count). The van der Waals surface area contributed by atoms with Crippen LogP contribution in [0.5, 0.6) is 0 Å². The van der Waals surface area contributed by atoms with E-state index in [9.17, 15) is 0 Å². The summed E-state index contributed by atoms with van der Waals surface area (Å²) in [5, 5.41) is 1.16. The van der Waals surface area contributed by atoms with E-state index in [1.807, 2.05) is 18.2 Å². The Labute approximate surface area is 129 Å². The molecule has 4 heteroatoms. The van der Waals surface area contributed by atoms with Crippen LogP contribution in [-0.2, 0) is 0 Å². The van der Waals surface area contributed by atoms with Gasteiger partial charge < -0.3 is 10.6 Å². The highest BCUT2D eigenvalue weighted by molar-refractivity contribution is 6.42. The maximum Gasteiger partial charge on any atom is 0.0598 e. The number of nitrogens with two attached hydrogens (primary N) is 1. The average Bonchev–Trinajstić information content (AvgIpc) is 2.89. The Morgan fingerprint density at radius 1 is 0.950 bits per heavy atom. The van der Waals surface area contributed by atoms with Gasteiger partial charge in [-0.2, -0.15) is 0 Å². The molecule has 1 aliphatic heterocycles. The lowest BCUT2D eigenvalue weighted by Gasteiger charge is -2.18. The van der Waals surface area contributed by atoms with Gasteiger partial charge in [-0.1, -0.05) is 41.4 Å². The number of nitrogens with zero attached hydrogens (tertiary/aromatic N) is 1. The van der Waals surface area contributed by atoms with Gasteiger partial charge in [0.05, 0.1) is 10.0 Å². The summed E-state index contributed by atoms with van der Waals surface area (Å²) in [7, 11) is 0. The van der Waals surface area contributed by atoms with Gasteiger partial charge >= 0.3 is 0 Å². The predicted octanol–water partition coefficient (Wildman–Crippen LogP) is 4.20. The standard InChI is InChI=1S/C16H16Cl2N2/c17-15-6-3-12(9-16(15)18)11-1-4-14(5-2-11)20-8-7-13(19)10-20/h1-6,9,13H,7-8,10,19H2/t13-/m0/s1. The van der Waals surface area contributed by atoms with Crippen molar-refractivity contribution in [2.24, 2.45) is 5.73 Å². The summed E-state index contributed by atoms with van der Waals surface area (Å²) in [6.45, 7) is 1.97. The molecular weight excluding hydrogens is 291 g/mol. The van der Waals surface area contributed by atoms with Crippen LogP contribution in [0.1, 0.15) is 6.42 Å². The van der Waals surface area contributed by atoms with E-state index in [1.54, 1.807) is 0 Å². The molecular formula is C16H16Cl2N2. The largest absolute Gasteiger partial charge is 0.370 e. The van der Waals surface area contributed by atoms with E-state index in [0.29, 0.717) is 16.1 Å². The molecule has 0 aromatic heterocycles. The van der Waals surface area contributed by atoms with E-state index >= 15 is 0 Å². The minimum atomic E-state index is 0.296. The Bertz CT molecular complexity index is 610. The molecule has 20 heavy (non-hydrogen) atoms. The molecule has 0 spiro atoms. The van der Waals surface area contributed by atoms with E-state index in [2.05, 4.69) is 29.2 Å². The number of hydrogen-bond donors (Lipinski definition) is 1. The van der Waals surface area contributed by atoms with Crippen molar-refractivity contribution in [2.75, 3.05) is 18.0 Å². The zero-order valence-electron chi connectivity index (χ0n) is 11.0. The quantitative estimate of drug-likeness (QED) is 0.901. The van der Waals surface area contributed by atoms with Crippen molar-refractivity contribution in [3.05, 3.63) is 52.5 Å². The lowest BCUT2D eigenvalue weighted by Crippen LogP contribution is -2.26. The first-order valence-corrected chi connectivity index (χ1v) is 7.45. The number of halogens is 2. The van der Waals surface area contributed by atoms with Gasteiger partial charge in [-0.3, -0.25) is 0 Å². The second-order valence-corrected chi connectivity index (χ2v) is 5.98. The van der Waals surface area contributed by atoms with Gasteiger partial charge in [0.15, 0.2) is 0 Å². The smallest absolute Gasteiger partial charge is 0.0598 e. The van der Waals surface area contributed by atoms with E-state index in [-0.39, 0.29) is 0 Å². The van der Waals surface area contributed by atoms with Gasteiger partial charge in [0.1, 0.15) is 0 Å². The molecule has 0 saturated carbocycles. The van der Waals surface area contributed by atoms with Crippen molar-refractivity contribution in [1.82, 2.24) is 0 Å². The molecule has 0 aliphatic carbocycles. The number of rotatable bonds is 2. The molecule has 2 aromatic carbocycles. The SMILES string of the molecule is N[C@H]1CCN(c2ccc(-c3ccc(Cl)c(Cl)c3)cc2)C1. The van der Waals surface area contributed by atoms with Gasteiger partial charge in [-0.15, -0.1) is 0 Å². The molecule has 1 aliphatic rings. The van der Waals surface area contributed by atoms with Crippen molar-refractivity contribution in [3.8, 4) is 11.1 Å². The second kappa shape index (κ2) is 5.65. The van der Waals surface area contributed by atoms with Crippen LogP contribution < -0.4 is 10.6 Å². The van der Waals surface area contributed by atoms with Crippen LogP contribution in [0.25, 0.3) is 11.1 Å². The third-order valence-corrected chi connectivity index (χ3v) is 4.45. The fourth-order valence-corrected chi connectivity index (χ4v) is 2.86. The first-order chi connectivity index (χ1) is 9.63. The molecule has 1 saturated heterocycles. The highest BCUT2D eigenvalue weighted by Crippen LogP contribution is 2.30. The van der Waals surface area contributed by atoms with Crippen LogP contribution in [0.15, 0.2) is 42.5 Å². The summed E-state index contributed by atoms with van der Waals surface area (Å²) in [5.41, 5.74) is 9.38. The Morgan fingerprint density at radius 2 is 1.65 bits per heavy atom. The van der Waals surface area contributed by atoms with Gasteiger partial charge in [-0.05, 0) is 41.8 Å². The maximum absolute atomic E-state index is 6.06. The molecule has 104 valence electrons. The molecule has 1 atom stereocenters. The number of benzene rings is 2. The van der Waals surface area contributed by atoms with Crippen LogP contribution >= 0.6 is 23.2 Å². The average molecular weight is 307 g/mol. The van der Waals surface area contributed by atoms with Crippen molar-refractivity contribution in [3.63, 3.8) is 0 Å². The summed E-state index contributed by atoms with van der Waals surface area (Å²) in [6, 6.07) is 14.5. The molecule has 0 radical (unpaired) electrons. The lowest BCUT2D eigenvalue weighted by atomic mass is 10.1. The Hall–Kier alpha value is -1.22. The summed E-state index contributed by atoms with van der Waals surface area (Å²) in [6.07, 6.45) is 1.06. The number of hydrogen-bond acceptors (Lipinski definition) is 2.